The van der Waals surface area contributed by atoms with Gasteiger partial charge in [0.2, 0.25) is 0 Å². The molecule has 10 heteroatoms. The molecule has 1 aromatic heterocycles. The molecule has 0 aliphatic carbocycles. The Kier molecular flexibility index (Phi) is 5.50. The van der Waals surface area contributed by atoms with Gasteiger partial charge in [0.25, 0.3) is 5.91 Å². The van der Waals surface area contributed by atoms with Crippen LogP contribution in [0.5, 0.6) is 5.75 Å². The van der Waals surface area contributed by atoms with Crippen molar-refractivity contribution in [3.63, 3.8) is 0 Å². The monoisotopic (exact) mass is 419 g/mol. The Morgan fingerprint density at radius 2 is 1.83 bits per heavy atom. The second-order valence-corrected chi connectivity index (χ2v) is 6.25. The molecule has 1 amide bonds. The first kappa shape index (κ1) is 20.9. The Morgan fingerprint density at radius 1 is 1.13 bits per heavy atom. The van der Waals surface area contributed by atoms with Crippen LogP contribution in [0, 0.1) is 6.92 Å². The van der Waals surface area contributed by atoms with Gasteiger partial charge in [0, 0.05) is 0 Å². The molecule has 2 N–H and O–H groups in total. The lowest BCUT2D eigenvalue weighted by Crippen LogP contribution is -2.14. The zero-order chi connectivity index (χ0) is 22.1. The largest absolute Gasteiger partial charge is 0.505 e. The number of phenols is 1. The highest BCUT2D eigenvalue weighted by Crippen LogP contribution is 2.31. The van der Waals surface area contributed by atoms with Crippen molar-refractivity contribution in [2.24, 2.45) is 0 Å². The number of nitrogens with zero attached hydrogens (tertiary/aromatic N) is 2. The fraction of sp³-hybridized carbons (Fsp3) is 0.150. The molecule has 0 unspecified atom stereocenters. The number of aromatic nitrogens is 2. The van der Waals surface area contributed by atoms with Crippen molar-refractivity contribution in [1.29, 1.82) is 0 Å². The molecule has 0 saturated heterocycles. The number of amides is 1. The third kappa shape index (κ3) is 3.97. The number of carbonyl (C=O) groups excluding carboxylic acids is 2. The lowest BCUT2D eigenvalue weighted by molar-refractivity contribution is -0.137. The van der Waals surface area contributed by atoms with Gasteiger partial charge < -0.3 is 15.2 Å². The molecule has 1 heterocycles. The minimum Gasteiger partial charge on any atom is -0.505 e. The minimum absolute atomic E-state index is 0.0332. The lowest BCUT2D eigenvalue weighted by Gasteiger charge is -2.11. The van der Waals surface area contributed by atoms with E-state index in [-0.39, 0.29) is 28.2 Å². The molecule has 0 aliphatic rings. The number of ether oxygens (including phenoxy) is 1. The zero-order valence-corrected chi connectivity index (χ0v) is 15.8. The number of esters is 1. The van der Waals surface area contributed by atoms with E-state index in [4.69, 9.17) is 0 Å². The van der Waals surface area contributed by atoms with Crippen molar-refractivity contribution in [2.75, 3.05) is 12.4 Å². The highest BCUT2D eigenvalue weighted by Gasteiger charge is 2.31. The summed E-state index contributed by atoms with van der Waals surface area (Å²) in [6.45, 7) is 1.52. The van der Waals surface area contributed by atoms with Crippen LogP contribution in [-0.4, -0.2) is 33.9 Å². The van der Waals surface area contributed by atoms with Gasteiger partial charge in [-0.15, -0.1) is 0 Å². The number of rotatable bonds is 4. The van der Waals surface area contributed by atoms with Crippen LogP contribution in [-0.2, 0) is 10.9 Å². The van der Waals surface area contributed by atoms with Gasteiger partial charge in [-0.2, -0.15) is 18.3 Å². The summed E-state index contributed by atoms with van der Waals surface area (Å²) in [5.74, 6) is -1.92. The van der Waals surface area contributed by atoms with Gasteiger partial charge in [-0.25, -0.2) is 9.48 Å². The summed E-state index contributed by atoms with van der Waals surface area (Å²) < 4.78 is 44.7. The summed E-state index contributed by atoms with van der Waals surface area (Å²) in [7, 11) is 1.15. The number of para-hydroxylation sites is 1. The molecule has 156 valence electrons. The van der Waals surface area contributed by atoms with Crippen LogP contribution < -0.4 is 5.32 Å². The van der Waals surface area contributed by atoms with Crippen molar-refractivity contribution < 1.29 is 32.6 Å². The van der Waals surface area contributed by atoms with Crippen LogP contribution in [0.25, 0.3) is 5.69 Å². The highest BCUT2D eigenvalue weighted by atomic mass is 19.4. The Hall–Kier alpha value is -3.82. The van der Waals surface area contributed by atoms with E-state index in [1.165, 1.54) is 48.1 Å². The number of nitrogens with one attached hydrogen (secondary N) is 1. The van der Waals surface area contributed by atoms with Gasteiger partial charge in [-0.1, -0.05) is 12.1 Å². The maximum atomic E-state index is 13.0. The van der Waals surface area contributed by atoms with Crippen LogP contribution in [0.4, 0.5) is 18.9 Å². The molecule has 2 aromatic carbocycles. The van der Waals surface area contributed by atoms with Crippen LogP contribution in [0.2, 0.25) is 0 Å². The molecule has 0 spiro atoms. The highest BCUT2D eigenvalue weighted by molar-refractivity contribution is 6.07. The number of hydrogen-bond acceptors (Lipinski definition) is 5. The Labute approximate surface area is 168 Å². The van der Waals surface area contributed by atoms with Gasteiger partial charge in [0.1, 0.15) is 5.56 Å². The number of benzene rings is 2. The number of hydrogen-bond donors (Lipinski definition) is 2. The first-order chi connectivity index (χ1) is 14.1. The number of phenolic OH excluding ortho intramolecular Hbond substituents is 1. The van der Waals surface area contributed by atoms with Crippen LogP contribution in [0.1, 0.15) is 32.0 Å². The summed E-state index contributed by atoms with van der Waals surface area (Å²) in [5.41, 5.74) is -0.506. The molecule has 0 atom stereocenters. The van der Waals surface area contributed by atoms with E-state index >= 15 is 0 Å². The fourth-order valence-corrected chi connectivity index (χ4v) is 2.82. The molecule has 0 radical (unpaired) electrons. The number of carbonyl (C=O) groups is 2. The first-order valence-electron chi connectivity index (χ1n) is 8.57. The number of aromatic hydroxyl groups is 1. The van der Waals surface area contributed by atoms with Crippen molar-refractivity contribution in [2.45, 2.75) is 13.1 Å². The Balaban J connectivity index is 1.90. The quantitative estimate of drug-likeness (QED) is 0.494. The van der Waals surface area contributed by atoms with Crippen molar-refractivity contribution in [3.05, 3.63) is 71.0 Å². The predicted octanol–water partition coefficient (Wildman–Crippen LogP) is 3.94. The first-order valence-corrected chi connectivity index (χ1v) is 8.57. The molecule has 0 bridgehead atoms. The van der Waals surface area contributed by atoms with Gasteiger partial charge in [0.15, 0.2) is 5.75 Å². The number of alkyl halides is 3. The normalized spacial score (nSPS) is 11.2. The average molecular weight is 419 g/mol. The SMILES string of the molecule is COC(=O)c1cccc(NC(=O)c2cnn(-c3cccc(C(F)(F)F)c3)c2C)c1O. The molecule has 30 heavy (non-hydrogen) atoms. The lowest BCUT2D eigenvalue weighted by atomic mass is 10.1. The molecule has 3 rings (SSSR count). The number of methoxy groups -OCH3 is 1. The molecular formula is C20H16F3N3O4. The van der Waals surface area contributed by atoms with Crippen LogP contribution >= 0.6 is 0 Å². The van der Waals surface area contributed by atoms with Crippen LogP contribution in [0.3, 0.4) is 0 Å². The zero-order valence-electron chi connectivity index (χ0n) is 15.8. The van der Waals surface area contributed by atoms with Crippen molar-refractivity contribution in [3.8, 4) is 11.4 Å². The van der Waals surface area contributed by atoms with Gasteiger partial charge in [-0.05, 0) is 37.3 Å². The van der Waals surface area contributed by atoms with E-state index in [0.29, 0.717) is 0 Å². The van der Waals surface area contributed by atoms with E-state index < -0.39 is 29.4 Å². The van der Waals surface area contributed by atoms with Gasteiger partial charge in [-0.3, -0.25) is 4.79 Å². The average Bonchev–Trinajstić information content (AvgIpc) is 3.10. The molecule has 0 fully saturated rings. The summed E-state index contributed by atoms with van der Waals surface area (Å²) in [5, 5.41) is 16.7. The predicted molar refractivity (Wildman–Crippen MR) is 101 cm³/mol. The summed E-state index contributed by atoms with van der Waals surface area (Å²) in [6.07, 6.45) is -3.31. The van der Waals surface area contributed by atoms with Crippen molar-refractivity contribution in [1.82, 2.24) is 9.78 Å². The van der Waals surface area contributed by atoms with E-state index in [0.717, 1.165) is 19.2 Å². The standard InChI is InChI=1S/C20H16F3N3O4/c1-11-15(10-24-26(11)13-6-3-5-12(9-13)20(21,22)23)18(28)25-16-8-4-7-14(17(16)27)19(29)30-2/h3-10,27H,1-2H3,(H,25,28). The Morgan fingerprint density at radius 3 is 2.50 bits per heavy atom. The topological polar surface area (TPSA) is 93.5 Å². The maximum absolute atomic E-state index is 13.0. The summed E-state index contributed by atoms with van der Waals surface area (Å²) >= 11 is 0. The number of anilines is 1. The van der Waals surface area contributed by atoms with Gasteiger partial charge in [0.05, 0.1) is 41.5 Å². The summed E-state index contributed by atoms with van der Waals surface area (Å²) in [6, 6.07) is 8.69. The smallest absolute Gasteiger partial charge is 0.416 e. The minimum atomic E-state index is -4.51. The maximum Gasteiger partial charge on any atom is 0.416 e. The van der Waals surface area contributed by atoms with Crippen LogP contribution in [0.15, 0.2) is 48.7 Å². The third-order valence-electron chi connectivity index (χ3n) is 4.36. The molecular weight excluding hydrogens is 403 g/mol. The fourth-order valence-electron chi connectivity index (χ4n) is 2.82. The number of halogens is 3. The molecule has 3 aromatic rings. The van der Waals surface area contributed by atoms with E-state index in [2.05, 4.69) is 15.2 Å². The Bertz CT molecular complexity index is 1120. The van der Waals surface area contributed by atoms with Crippen molar-refractivity contribution >= 4 is 17.6 Å². The second kappa shape index (κ2) is 7.90. The molecule has 0 saturated carbocycles. The van der Waals surface area contributed by atoms with E-state index in [9.17, 15) is 27.9 Å². The van der Waals surface area contributed by atoms with Gasteiger partial charge >= 0.3 is 12.1 Å². The summed E-state index contributed by atoms with van der Waals surface area (Å²) in [4.78, 5) is 24.3. The third-order valence-corrected chi connectivity index (χ3v) is 4.36. The second-order valence-electron chi connectivity index (χ2n) is 6.25. The van der Waals surface area contributed by atoms with E-state index in [1.807, 2.05) is 0 Å². The molecule has 0 aliphatic heterocycles. The molecule has 7 nitrogen and oxygen atoms in total. The van der Waals surface area contributed by atoms with E-state index in [1.54, 1.807) is 0 Å².